The van der Waals surface area contributed by atoms with Crippen molar-refractivity contribution in [3.63, 3.8) is 0 Å². The Bertz CT molecular complexity index is 880. The first-order valence-electron chi connectivity index (χ1n) is 7.98. The van der Waals surface area contributed by atoms with E-state index in [1.54, 1.807) is 12.1 Å². The highest BCUT2D eigenvalue weighted by Crippen LogP contribution is 2.30. The fraction of sp³-hybridized carbons (Fsp3) is 0.353. The second kappa shape index (κ2) is 7.57. The van der Waals surface area contributed by atoms with Gasteiger partial charge in [0.2, 0.25) is 5.91 Å². The summed E-state index contributed by atoms with van der Waals surface area (Å²) in [6.45, 7) is 2.63. The monoisotopic (exact) mass is 442 g/mol. The van der Waals surface area contributed by atoms with Gasteiger partial charge in [-0.25, -0.2) is 8.42 Å². The summed E-state index contributed by atoms with van der Waals surface area (Å²) in [6, 6.07) is 10.4. The number of thiophene rings is 1. The minimum absolute atomic E-state index is 0.241. The summed E-state index contributed by atoms with van der Waals surface area (Å²) < 4.78 is 28.2. The van der Waals surface area contributed by atoms with E-state index in [1.807, 2.05) is 31.2 Å². The standard InChI is InChI=1S/C17H19BrN2O3S2/c1-12-7-8-16(24-12)25(22,23)20-9-3-6-15(20)17(21)19-11-13-4-2-5-14(18)10-13/h2,4-5,7-8,10,15H,3,6,9,11H2,1H3,(H,19,21)/t15-/m0/s1. The van der Waals surface area contributed by atoms with Crippen molar-refractivity contribution in [3.8, 4) is 0 Å². The zero-order valence-electron chi connectivity index (χ0n) is 13.7. The molecule has 0 saturated carbocycles. The first-order valence-corrected chi connectivity index (χ1v) is 11.0. The second-order valence-corrected chi connectivity index (χ2v) is 10.3. The van der Waals surface area contributed by atoms with E-state index in [0.717, 1.165) is 14.9 Å². The van der Waals surface area contributed by atoms with Crippen LogP contribution in [-0.2, 0) is 21.4 Å². The van der Waals surface area contributed by atoms with Gasteiger partial charge >= 0.3 is 0 Å². The molecule has 5 nitrogen and oxygen atoms in total. The van der Waals surface area contributed by atoms with Crippen molar-refractivity contribution < 1.29 is 13.2 Å². The predicted molar refractivity (Wildman–Crippen MR) is 102 cm³/mol. The van der Waals surface area contributed by atoms with Crippen LogP contribution in [0.1, 0.15) is 23.3 Å². The van der Waals surface area contributed by atoms with Gasteiger partial charge in [0, 0.05) is 22.4 Å². The predicted octanol–water partition coefficient (Wildman–Crippen LogP) is 3.29. The number of rotatable bonds is 5. The maximum Gasteiger partial charge on any atom is 0.253 e. The first kappa shape index (κ1) is 18.6. The fourth-order valence-corrected chi connectivity index (χ4v) is 6.43. The Kier molecular flexibility index (Phi) is 5.62. The molecule has 2 heterocycles. The van der Waals surface area contributed by atoms with Crippen molar-refractivity contribution in [2.24, 2.45) is 0 Å². The molecule has 1 aliphatic rings. The SMILES string of the molecule is Cc1ccc(S(=O)(=O)N2CCC[C@H]2C(=O)NCc2cccc(Br)c2)s1. The lowest BCUT2D eigenvalue weighted by Gasteiger charge is -2.22. The molecule has 0 spiro atoms. The number of sulfonamides is 1. The van der Waals surface area contributed by atoms with Crippen LogP contribution >= 0.6 is 27.3 Å². The van der Waals surface area contributed by atoms with Crippen molar-refractivity contribution in [3.05, 3.63) is 51.3 Å². The van der Waals surface area contributed by atoms with Gasteiger partial charge in [0.15, 0.2) is 0 Å². The molecule has 8 heteroatoms. The van der Waals surface area contributed by atoms with Crippen molar-refractivity contribution in [2.45, 2.75) is 36.6 Å². The van der Waals surface area contributed by atoms with Crippen LogP contribution in [-0.4, -0.2) is 31.2 Å². The van der Waals surface area contributed by atoms with Crippen LogP contribution in [0.2, 0.25) is 0 Å². The molecule has 1 aliphatic heterocycles. The number of benzene rings is 1. The molecule has 3 rings (SSSR count). The molecule has 1 N–H and O–H groups in total. The van der Waals surface area contributed by atoms with Crippen molar-refractivity contribution in [1.82, 2.24) is 9.62 Å². The quantitative estimate of drug-likeness (QED) is 0.772. The average molecular weight is 443 g/mol. The zero-order chi connectivity index (χ0) is 18.0. The second-order valence-electron chi connectivity index (χ2n) is 5.99. The molecule has 0 bridgehead atoms. The minimum Gasteiger partial charge on any atom is -0.351 e. The van der Waals surface area contributed by atoms with Crippen molar-refractivity contribution in [1.29, 1.82) is 0 Å². The summed E-state index contributed by atoms with van der Waals surface area (Å²) in [7, 11) is -3.62. The highest BCUT2D eigenvalue weighted by molar-refractivity contribution is 9.10. The topological polar surface area (TPSA) is 66.5 Å². The van der Waals surface area contributed by atoms with Crippen molar-refractivity contribution in [2.75, 3.05) is 6.54 Å². The third kappa shape index (κ3) is 4.13. The number of amides is 1. The molecule has 0 unspecified atom stereocenters. The van der Waals surface area contributed by atoms with Gasteiger partial charge in [-0.3, -0.25) is 4.79 Å². The Morgan fingerprint density at radius 2 is 2.16 bits per heavy atom. The lowest BCUT2D eigenvalue weighted by molar-refractivity contribution is -0.124. The Morgan fingerprint density at radius 3 is 2.84 bits per heavy atom. The minimum atomic E-state index is -3.62. The van der Waals surface area contributed by atoms with Gasteiger partial charge in [-0.2, -0.15) is 4.31 Å². The molecule has 134 valence electrons. The maximum atomic E-state index is 12.8. The summed E-state index contributed by atoms with van der Waals surface area (Å²) in [5.41, 5.74) is 0.962. The molecule has 0 radical (unpaired) electrons. The van der Waals surface area contributed by atoms with Gasteiger partial charge in [0.1, 0.15) is 10.3 Å². The number of carbonyl (C=O) groups is 1. The zero-order valence-corrected chi connectivity index (χ0v) is 17.0. The molecule has 1 atom stereocenters. The molecule has 1 aromatic heterocycles. The molecular formula is C17H19BrN2O3S2. The summed E-state index contributed by atoms with van der Waals surface area (Å²) in [6.07, 6.45) is 1.24. The van der Waals surface area contributed by atoms with Crippen LogP contribution in [0.15, 0.2) is 45.1 Å². The highest BCUT2D eigenvalue weighted by atomic mass is 79.9. The molecule has 1 saturated heterocycles. The van der Waals surface area contributed by atoms with Gasteiger partial charge in [-0.1, -0.05) is 28.1 Å². The van der Waals surface area contributed by atoms with Gasteiger partial charge in [0.05, 0.1) is 0 Å². The molecule has 1 fully saturated rings. The van der Waals surface area contributed by atoms with Crippen LogP contribution < -0.4 is 5.32 Å². The van der Waals surface area contributed by atoms with Gasteiger partial charge < -0.3 is 5.32 Å². The van der Waals surface area contributed by atoms with E-state index < -0.39 is 16.1 Å². The molecule has 0 aliphatic carbocycles. The average Bonchev–Trinajstić information content (AvgIpc) is 3.22. The van der Waals surface area contributed by atoms with Crippen LogP contribution in [0.3, 0.4) is 0 Å². The third-order valence-electron chi connectivity index (χ3n) is 4.14. The fourth-order valence-electron chi connectivity index (χ4n) is 2.91. The number of nitrogens with zero attached hydrogens (tertiary/aromatic N) is 1. The van der Waals surface area contributed by atoms with Gasteiger partial charge in [-0.05, 0) is 49.6 Å². The molecule has 25 heavy (non-hydrogen) atoms. The van der Waals surface area contributed by atoms with E-state index >= 15 is 0 Å². The number of nitrogens with one attached hydrogen (secondary N) is 1. The van der Waals surface area contributed by atoms with Crippen LogP contribution in [0.4, 0.5) is 0 Å². The number of hydrogen-bond donors (Lipinski definition) is 1. The highest BCUT2D eigenvalue weighted by Gasteiger charge is 2.39. The number of hydrogen-bond acceptors (Lipinski definition) is 4. The smallest absolute Gasteiger partial charge is 0.253 e. The number of aryl methyl sites for hydroxylation is 1. The Labute approximate surface area is 160 Å². The van der Waals surface area contributed by atoms with E-state index in [2.05, 4.69) is 21.2 Å². The lowest BCUT2D eigenvalue weighted by Crippen LogP contribution is -2.45. The summed E-state index contributed by atoms with van der Waals surface area (Å²) in [5.74, 6) is -0.241. The third-order valence-corrected chi connectivity index (χ3v) is 8.01. The summed E-state index contributed by atoms with van der Waals surface area (Å²) in [5, 5.41) is 2.86. The van der Waals surface area contributed by atoms with Crippen molar-refractivity contribution >= 4 is 43.2 Å². The Balaban J connectivity index is 1.71. The summed E-state index contributed by atoms with van der Waals surface area (Å²) in [4.78, 5) is 13.5. The van der Waals surface area contributed by atoms with E-state index in [0.29, 0.717) is 30.1 Å². The Hall–Kier alpha value is -1.22. The first-order chi connectivity index (χ1) is 11.9. The van der Waals surface area contributed by atoms with E-state index in [-0.39, 0.29) is 5.91 Å². The lowest BCUT2D eigenvalue weighted by atomic mass is 10.2. The van der Waals surface area contributed by atoms with E-state index in [1.165, 1.54) is 15.6 Å². The molecular weight excluding hydrogens is 424 g/mol. The number of halogens is 1. The summed E-state index contributed by atoms with van der Waals surface area (Å²) >= 11 is 4.64. The normalized spacial score (nSPS) is 18.4. The number of carbonyl (C=O) groups excluding carboxylic acids is 1. The maximum absolute atomic E-state index is 12.8. The largest absolute Gasteiger partial charge is 0.351 e. The van der Waals surface area contributed by atoms with Crippen LogP contribution in [0.5, 0.6) is 0 Å². The molecule has 1 aromatic carbocycles. The van der Waals surface area contributed by atoms with E-state index in [4.69, 9.17) is 0 Å². The van der Waals surface area contributed by atoms with E-state index in [9.17, 15) is 13.2 Å². The molecule has 1 amide bonds. The molecule has 2 aromatic rings. The van der Waals surface area contributed by atoms with Gasteiger partial charge in [0.25, 0.3) is 10.0 Å². The Morgan fingerprint density at radius 1 is 1.36 bits per heavy atom. The van der Waals surface area contributed by atoms with Crippen LogP contribution in [0, 0.1) is 6.92 Å². The van der Waals surface area contributed by atoms with Crippen LogP contribution in [0.25, 0.3) is 0 Å². The van der Waals surface area contributed by atoms with Gasteiger partial charge in [-0.15, -0.1) is 11.3 Å².